The third kappa shape index (κ3) is 6.34. The van der Waals surface area contributed by atoms with E-state index in [4.69, 9.17) is 0 Å². The lowest BCUT2D eigenvalue weighted by molar-refractivity contribution is -0.384. The van der Waals surface area contributed by atoms with Gasteiger partial charge < -0.3 is 4.90 Å². The van der Waals surface area contributed by atoms with E-state index in [1.165, 1.54) is 34.4 Å². The minimum Gasteiger partial charge on any atom is -0.332 e. The van der Waals surface area contributed by atoms with Crippen LogP contribution in [0, 0.1) is 15.9 Å². The number of nitro benzene ring substituents is 1. The number of hydrogen-bond acceptors (Lipinski definition) is 6. The Hall–Kier alpha value is -3.41. The first kappa shape index (κ1) is 25.2. The third-order valence-electron chi connectivity index (χ3n) is 4.90. The summed E-state index contributed by atoms with van der Waals surface area (Å²) in [5.41, 5.74) is 0.450. The van der Waals surface area contributed by atoms with Gasteiger partial charge in [0.05, 0.1) is 22.9 Å². The van der Waals surface area contributed by atoms with Gasteiger partial charge in [-0.1, -0.05) is 24.3 Å². The number of thiophene rings is 1. The molecular weight excluding hydrogens is 481 g/mol. The molecular formula is C23H22FN3O5S2. The Balaban J connectivity index is 1.85. The number of hydrogen-bond donors (Lipinski definition) is 0. The second-order valence-corrected chi connectivity index (χ2v) is 10.3. The molecule has 0 unspecified atom stereocenters. The van der Waals surface area contributed by atoms with Crippen LogP contribution in [-0.4, -0.2) is 41.5 Å². The van der Waals surface area contributed by atoms with Crippen molar-refractivity contribution in [2.24, 2.45) is 0 Å². The molecule has 1 amide bonds. The lowest BCUT2D eigenvalue weighted by Crippen LogP contribution is -2.42. The fraction of sp³-hybridized carbons (Fsp3) is 0.174. The largest absolute Gasteiger partial charge is 0.332 e. The average molecular weight is 504 g/mol. The number of nitrogens with zero attached hydrogens (tertiary/aromatic N) is 3. The van der Waals surface area contributed by atoms with Crippen LogP contribution >= 0.6 is 11.3 Å². The third-order valence-corrected chi connectivity index (χ3v) is 7.58. The van der Waals surface area contributed by atoms with Crippen molar-refractivity contribution in [3.05, 3.63) is 105 Å². The molecule has 178 valence electrons. The molecule has 0 N–H and O–H groups in total. The molecule has 0 radical (unpaired) electrons. The highest BCUT2D eigenvalue weighted by Gasteiger charge is 2.28. The molecule has 0 aliphatic rings. The molecule has 34 heavy (non-hydrogen) atoms. The number of carbonyl (C=O) groups excluding carboxylic acids is 1. The van der Waals surface area contributed by atoms with E-state index in [9.17, 15) is 27.7 Å². The van der Waals surface area contributed by atoms with Gasteiger partial charge in [-0.05, 0) is 41.3 Å². The molecule has 1 heterocycles. The predicted molar refractivity (Wildman–Crippen MR) is 127 cm³/mol. The highest BCUT2D eigenvalue weighted by Crippen LogP contribution is 2.21. The van der Waals surface area contributed by atoms with Gasteiger partial charge in [-0.25, -0.2) is 12.8 Å². The quantitative estimate of drug-likeness (QED) is 0.222. The number of amides is 1. The van der Waals surface area contributed by atoms with Gasteiger partial charge in [-0.15, -0.1) is 17.9 Å². The smallest absolute Gasteiger partial charge is 0.269 e. The molecule has 0 bridgehead atoms. The van der Waals surface area contributed by atoms with Crippen molar-refractivity contribution in [3.8, 4) is 0 Å². The maximum absolute atomic E-state index is 13.3. The fourth-order valence-corrected chi connectivity index (χ4v) is 5.24. The van der Waals surface area contributed by atoms with Crippen molar-refractivity contribution in [1.82, 2.24) is 9.21 Å². The summed E-state index contributed by atoms with van der Waals surface area (Å²) >= 11 is 1.46. The monoisotopic (exact) mass is 503 g/mol. The summed E-state index contributed by atoms with van der Waals surface area (Å²) in [6.45, 7) is 3.41. The summed E-state index contributed by atoms with van der Waals surface area (Å²) in [5, 5.41) is 12.8. The second kappa shape index (κ2) is 11.1. The first-order chi connectivity index (χ1) is 16.2. The lowest BCUT2D eigenvalue weighted by atomic mass is 10.2. The van der Waals surface area contributed by atoms with Crippen LogP contribution in [-0.2, 0) is 27.9 Å². The van der Waals surface area contributed by atoms with Gasteiger partial charge in [0.15, 0.2) is 0 Å². The highest BCUT2D eigenvalue weighted by atomic mass is 32.2. The summed E-state index contributed by atoms with van der Waals surface area (Å²) in [6.07, 6.45) is 1.36. The summed E-state index contributed by atoms with van der Waals surface area (Å²) in [6, 6.07) is 13.9. The van der Waals surface area contributed by atoms with Gasteiger partial charge >= 0.3 is 0 Å². The zero-order valence-electron chi connectivity index (χ0n) is 18.0. The molecule has 11 heteroatoms. The molecule has 3 rings (SSSR count). The van der Waals surface area contributed by atoms with Crippen molar-refractivity contribution in [2.45, 2.75) is 18.0 Å². The molecule has 2 aromatic carbocycles. The molecule has 0 spiro atoms. The van der Waals surface area contributed by atoms with E-state index in [0.717, 1.165) is 33.4 Å². The number of sulfonamides is 1. The minimum atomic E-state index is -4.13. The van der Waals surface area contributed by atoms with E-state index < -0.39 is 33.2 Å². The van der Waals surface area contributed by atoms with Crippen molar-refractivity contribution in [3.63, 3.8) is 0 Å². The van der Waals surface area contributed by atoms with Crippen molar-refractivity contribution in [2.75, 3.05) is 13.1 Å². The van der Waals surface area contributed by atoms with E-state index in [-0.39, 0.29) is 30.2 Å². The summed E-state index contributed by atoms with van der Waals surface area (Å²) in [7, 11) is -4.13. The maximum atomic E-state index is 13.3. The topological polar surface area (TPSA) is 101 Å². The average Bonchev–Trinajstić information content (AvgIpc) is 3.33. The number of rotatable bonds is 11. The molecule has 1 aromatic heterocycles. The highest BCUT2D eigenvalue weighted by molar-refractivity contribution is 7.89. The van der Waals surface area contributed by atoms with Crippen LogP contribution < -0.4 is 0 Å². The molecule has 0 saturated heterocycles. The van der Waals surface area contributed by atoms with Gasteiger partial charge in [0, 0.05) is 30.1 Å². The second-order valence-electron chi connectivity index (χ2n) is 7.29. The number of nitro groups is 1. The van der Waals surface area contributed by atoms with Crippen LogP contribution in [0.2, 0.25) is 0 Å². The Morgan fingerprint density at radius 2 is 1.76 bits per heavy atom. The van der Waals surface area contributed by atoms with Crippen LogP contribution in [0.15, 0.2) is 83.6 Å². The van der Waals surface area contributed by atoms with E-state index in [1.54, 1.807) is 12.1 Å². The Morgan fingerprint density at radius 3 is 2.32 bits per heavy atom. The molecule has 0 aliphatic carbocycles. The molecule has 8 nitrogen and oxygen atoms in total. The number of non-ortho nitro benzene ring substituents is 1. The number of benzene rings is 2. The van der Waals surface area contributed by atoms with Crippen molar-refractivity contribution in [1.29, 1.82) is 0 Å². The predicted octanol–water partition coefficient (Wildman–Crippen LogP) is 4.20. The van der Waals surface area contributed by atoms with Crippen LogP contribution in [0.3, 0.4) is 0 Å². The van der Waals surface area contributed by atoms with Crippen LogP contribution in [0.4, 0.5) is 10.1 Å². The van der Waals surface area contributed by atoms with Crippen molar-refractivity contribution < 1.29 is 22.5 Å². The Labute approximate surface area is 200 Å². The van der Waals surface area contributed by atoms with Gasteiger partial charge in [-0.3, -0.25) is 14.9 Å². The summed E-state index contributed by atoms with van der Waals surface area (Å²) in [5.74, 6) is -0.851. The van der Waals surface area contributed by atoms with E-state index in [0.29, 0.717) is 5.56 Å². The first-order valence-corrected chi connectivity index (χ1v) is 12.4. The zero-order chi connectivity index (χ0) is 24.7. The normalized spacial score (nSPS) is 11.4. The van der Waals surface area contributed by atoms with Crippen LogP contribution in [0.25, 0.3) is 0 Å². The SMILES string of the molecule is C=CCN(CC(=O)N(Cc1ccc(F)cc1)Cc1cccs1)S(=O)(=O)c1ccc([N+](=O)[O-])cc1. The van der Waals surface area contributed by atoms with Gasteiger partial charge in [-0.2, -0.15) is 4.31 Å². The summed E-state index contributed by atoms with van der Waals surface area (Å²) in [4.78, 5) is 25.8. The van der Waals surface area contributed by atoms with Gasteiger partial charge in [0.2, 0.25) is 15.9 Å². The van der Waals surface area contributed by atoms with E-state index in [1.807, 2.05) is 17.5 Å². The molecule has 0 atom stereocenters. The maximum Gasteiger partial charge on any atom is 0.269 e. The van der Waals surface area contributed by atoms with E-state index >= 15 is 0 Å². The lowest BCUT2D eigenvalue weighted by Gasteiger charge is -2.26. The summed E-state index contributed by atoms with van der Waals surface area (Å²) < 4.78 is 40.6. The molecule has 0 aliphatic heterocycles. The standard InChI is InChI=1S/C23H22FN3O5S2/c1-2-13-26(34(31,32)22-11-9-20(10-12-22)27(29)30)17-23(28)25(16-21-4-3-14-33-21)15-18-5-7-19(24)8-6-18/h2-12,14H,1,13,15-17H2. The fourth-order valence-electron chi connectivity index (χ4n) is 3.16. The van der Waals surface area contributed by atoms with Gasteiger partial charge in [0.1, 0.15) is 5.82 Å². The molecule has 3 aromatic rings. The first-order valence-electron chi connectivity index (χ1n) is 10.1. The number of carbonyl (C=O) groups is 1. The zero-order valence-corrected chi connectivity index (χ0v) is 19.7. The van der Waals surface area contributed by atoms with E-state index in [2.05, 4.69) is 6.58 Å². The van der Waals surface area contributed by atoms with Crippen LogP contribution in [0.1, 0.15) is 10.4 Å². The Bertz CT molecular complexity index is 1240. The Morgan fingerprint density at radius 1 is 1.09 bits per heavy atom. The van der Waals surface area contributed by atoms with Crippen molar-refractivity contribution >= 4 is 33.0 Å². The van der Waals surface area contributed by atoms with Gasteiger partial charge in [0.25, 0.3) is 5.69 Å². The molecule has 0 saturated carbocycles. The number of halogens is 1. The minimum absolute atomic E-state index is 0.131. The molecule has 0 fully saturated rings. The Kier molecular flexibility index (Phi) is 8.26. The van der Waals surface area contributed by atoms with Crippen LogP contribution in [0.5, 0.6) is 0 Å².